The summed E-state index contributed by atoms with van der Waals surface area (Å²) in [5.41, 5.74) is 4.89. The number of rotatable bonds is 7. The quantitative estimate of drug-likeness (QED) is 0.460. The van der Waals surface area contributed by atoms with Crippen LogP contribution in [0.1, 0.15) is 25.0 Å². The summed E-state index contributed by atoms with van der Waals surface area (Å²) < 4.78 is 1.04. The van der Waals surface area contributed by atoms with Crippen molar-refractivity contribution in [3.05, 3.63) is 58.3 Å². The Morgan fingerprint density at radius 1 is 1.10 bits per heavy atom. The lowest BCUT2D eigenvalue weighted by Gasteiger charge is -2.21. The predicted molar refractivity (Wildman–Crippen MR) is 121 cm³/mol. The zero-order chi connectivity index (χ0) is 21.0. The Bertz CT molecular complexity index is 955. The molecule has 6 nitrogen and oxygen atoms in total. The van der Waals surface area contributed by atoms with Crippen LogP contribution in [-0.4, -0.2) is 32.7 Å². The van der Waals surface area contributed by atoms with Gasteiger partial charge in [-0.1, -0.05) is 29.8 Å². The minimum absolute atomic E-state index is 0.00579. The first kappa shape index (κ1) is 21.2. The average molecular weight is 456 g/mol. The van der Waals surface area contributed by atoms with Gasteiger partial charge in [-0.25, -0.2) is 4.98 Å². The van der Waals surface area contributed by atoms with Gasteiger partial charge in [0, 0.05) is 34.2 Å². The van der Waals surface area contributed by atoms with E-state index in [0.29, 0.717) is 11.8 Å². The number of aliphatic hydroxyl groups is 1. The van der Waals surface area contributed by atoms with E-state index in [-0.39, 0.29) is 18.6 Å². The van der Waals surface area contributed by atoms with Gasteiger partial charge in [-0.3, -0.25) is 4.98 Å². The van der Waals surface area contributed by atoms with Gasteiger partial charge in [0.25, 0.3) is 0 Å². The van der Waals surface area contributed by atoms with Crippen LogP contribution in [0, 0.1) is 19.8 Å². The minimum Gasteiger partial charge on any atom is -0.394 e. The highest BCUT2D eigenvalue weighted by molar-refractivity contribution is 9.10. The molecule has 0 amide bonds. The van der Waals surface area contributed by atoms with E-state index >= 15 is 0 Å². The molecule has 0 unspecified atom stereocenters. The lowest BCUT2D eigenvalue weighted by Crippen LogP contribution is -2.30. The normalized spacial score (nSPS) is 12.1. The fraction of sp³-hybridized carbons (Fsp3) is 0.318. The molecule has 1 atom stereocenters. The van der Waals surface area contributed by atoms with Gasteiger partial charge in [-0.2, -0.15) is 4.98 Å². The smallest absolute Gasteiger partial charge is 0.225 e. The number of pyridine rings is 1. The van der Waals surface area contributed by atoms with Crippen molar-refractivity contribution in [2.75, 3.05) is 17.2 Å². The van der Waals surface area contributed by atoms with E-state index in [2.05, 4.69) is 67.5 Å². The number of aliphatic hydroxyl groups excluding tert-OH is 1. The van der Waals surface area contributed by atoms with E-state index in [0.717, 1.165) is 32.5 Å². The highest BCUT2D eigenvalue weighted by Crippen LogP contribution is 2.29. The summed E-state index contributed by atoms with van der Waals surface area (Å²) in [6.07, 6.45) is 3.51. The van der Waals surface area contributed by atoms with E-state index in [4.69, 9.17) is 0 Å². The zero-order valence-corrected chi connectivity index (χ0v) is 18.7. The number of nitrogens with one attached hydrogen (secondary N) is 2. The fourth-order valence-electron chi connectivity index (χ4n) is 3.06. The Morgan fingerprint density at radius 3 is 2.41 bits per heavy atom. The number of nitrogens with zero attached hydrogens (tertiary/aromatic N) is 3. The molecule has 0 spiro atoms. The first-order valence-corrected chi connectivity index (χ1v) is 10.4. The number of hydrogen-bond acceptors (Lipinski definition) is 6. The summed E-state index contributed by atoms with van der Waals surface area (Å²) >= 11 is 3.54. The van der Waals surface area contributed by atoms with E-state index < -0.39 is 0 Å². The Morgan fingerprint density at radius 2 is 1.83 bits per heavy atom. The molecule has 1 aromatic carbocycles. The first-order chi connectivity index (χ1) is 13.9. The van der Waals surface area contributed by atoms with Crippen molar-refractivity contribution in [3.63, 3.8) is 0 Å². The monoisotopic (exact) mass is 455 g/mol. The maximum Gasteiger partial charge on any atom is 0.225 e. The number of aromatic nitrogens is 3. The third-order valence-electron chi connectivity index (χ3n) is 4.75. The number of halogens is 1. The van der Waals surface area contributed by atoms with Crippen LogP contribution in [-0.2, 0) is 0 Å². The van der Waals surface area contributed by atoms with Crippen LogP contribution < -0.4 is 10.6 Å². The van der Waals surface area contributed by atoms with Gasteiger partial charge in [0.05, 0.1) is 18.3 Å². The molecule has 0 fully saturated rings. The molecule has 0 saturated carbocycles. The second-order valence-electron chi connectivity index (χ2n) is 7.42. The molecule has 3 aromatic rings. The van der Waals surface area contributed by atoms with Gasteiger partial charge in [0.15, 0.2) is 0 Å². The van der Waals surface area contributed by atoms with E-state index in [1.54, 1.807) is 12.4 Å². The van der Waals surface area contributed by atoms with Crippen molar-refractivity contribution < 1.29 is 5.11 Å². The van der Waals surface area contributed by atoms with Crippen LogP contribution in [0.25, 0.3) is 11.3 Å². The molecule has 3 N–H and O–H groups in total. The summed E-state index contributed by atoms with van der Waals surface area (Å²) in [6, 6.07) is 9.75. The molecule has 0 aliphatic rings. The molecule has 2 heterocycles. The standard InChI is InChI=1S/C22H26BrN5O/c1-13(2)19(12-29)26-22-25-18(16-6-5-7-24-11-16)10-20(28-22)27-21-14(3)8-17(23)9-15(21)4/h5-11,13,19,29H,12H2,1-4H3,(H2,25,26,27,28)/t19-/m1/s1. The molecule has 0 aliphatic carbocycles. The zero-order valence-electron chi connectivity index (χ0n) is 17.1. The summed E-state index contributed by atoms with van der Waals surface area (Å²) in [4.78, 5) is 13.5. The topological polar surface area (TPSA) is 83.0 Å². The van der Waals surface area contributed by atoms with Crippen molar-refractivity contribution in [2.24, 2.45) is 5.92 Å². The average Bonchev–Trinajstić information content (AvgIpc) is 2.69. The van der Waals surface area contributed by atoms with Crippen molar-refractivity contribution >= 4 is 33.4 Å². The molecule has 7 heteroatoms. The summed E-state index contributed by atoms with van der Waals surface area (Å²) in [7, 11) is 0. The van der Waals surface area contributed by atoms with Crippen molar-refractivity contribution in [2.45, 2.75) is 33.7 Å². The van der Waals surface area contributed by atoms with Crippen molar-refractivity contribution in [3.8, 4) is 11.3 Å². The number of benzene rings is 1. The Hall–Kier alpha value is -2.51. The molecule has 29 heavy (non-hydrogen) atoms. The van der Waals surface area contributed by atoms with Crippen LogP contribution in [0.2, 0.25) is 0 Å². The largest absolute Gasteiger partial charge is 0.394 e. The highest BCUT2D eigenvalue weighted by Gasteiger charge is 2.16. The van der Waals surface area contributed by atoms with Crippen LogP contribution in [0.5, 0.6) is 0 Å². The highest BCUT2D eigenvalue weighted by atomic mass is 79.9. The second kappa shape index (κ2) is 9.33. The van der Waals surface area contributed by atoms with E-state index in [9.17, 15) is 5.11 Å². The van der Waals surface area contributed by atoms with Gasteiger partial charge in [-0.15, -0.1) is 0 Å². The van der Waals surface area contributed by atoms with Gasteiger partial charge in [0.1, 0.15) is 5.82 Å². The van der Waals surface area contributed by atoms with Gasteiger partial charge < -0.3 is 15.7 Å². The summed E-state index contributed by atoms with van der Waals surface area (Å²) in [5.74, 6) is 1.38. The van der Waals surface area contributed by atoms with Crippen LogP contribution in [0.3, 0.4) is 0 Å². The summed E-state index contributed by atoms with van der Waals surface area (Å²) in [5, 5.41) is 16.4. The predicted octanol–water partition coefficient (Wildman–Crippen LogP) is 5.09. The maximum absolute atomic E-state index is 9.70. The Labute approximate surface area is 180 Å². The fourth-order valence-corrected chi connectivity index (χ4v) is 3.75. The second-order valence-corrected chi connectivity index (χ2v) is 8.34. The SMILES string of the molecule is Cc1cc(Br)cc(C)c1Nc1cc(-c2cccnc2)nc(N[C@H](CO)C(C)C)n1. The van der Waals surface area contributed by atoms with Crippen LogP contribution in [0.4, 0.5) is 17.5 Å². The number of hydrogen-bond donors (Lipinski definition) is 3. The molecular formula is C22H26BrN5O. The molecule has 2 aromatic heterocycles. The minimum atomic E-state index is -0.136. The Balaban J connectivity index is 2.03. The van der Waals surface area contributed by atoms with E-state index in [1.807, 2.05) is 32.0 Å². The number of anilines is 3. The van der Waals surface area contributed by atoms with E-state index in [1.165, 1.54) is 0 Å². The summed E-state index contributed by atoms with van der Waals surface area (Å²) in [6.45, 7) is 8.22. The van der Waals surface area contributed by atoms with Crippen molar-refractivity contribution in [1.82, 2.24) is 15.0 Å². The van der Waals surface area contributed by atoms with Crippen molar-refractivity contribution in [1.29, 1.82) is 0 Å². The first-order valence-electron chi connectivity index (χ1n) is 9.58. The molecular weight excluding hydrogens is 430 g/mol. The third kappa shape index (κ3) is 5.31. The Kier molecular flexibility index (Phi) is 6.82. The van der Waals surface area contributed by atoms with Gasteiger partial charge in [-0.05, 0) is 55.2 Å². The molecule has 0 radical (unpaired) electrons. The van der Waals surface area contributed by atoms with Crippen LogP contribution in [0.15, 0.2) is 47.2 Å². The van der Waals surface area contributed by atoms with Gasteiger partial charge in [0.2, 0.25) is 5.95 Å². The molecule has 0 aliphatic heterocycles. The lowest BCUT2D eigenvalue weighted by molar-refractivity contribution is 0.248. The third-order valence-corrected chi connectivity index (χ3v) is 5.21. The maximum atomic E-state index is 9.70. The molecule has 3 rings (SSSR count). The van der Waals surface area contributed by atoms with Gasteiger partial charge >= 0.3 is 0 Å². The molecule has 0 bridgehead atoms. The molecule has 152 valence electrons. The lowest BCUT2D eigenvalue weighted by atomic mass is 10.1. The molecule has 0 saturated heterocycles. The van der Waals surface area contributed by atoms with Crippen LogP contribution >= 0.6 is 15.9 Å². The number of aryl methyl sites for hydroxylation is 2.